The van der Waals surface area contributed by atoms with Gasteiger partial charge in [0.25, 0.3) is 0 Å². The summed E-state index contributed by atoms with van der Waals surface area (Å²) in [7, 11) is -4.47. The quantitative estimate of drug-likeness (QED) is 0.539. The van der Waals surface area contributed by atoms with Crippen LogP contribution in [0.5, 0.6) is 0 Å². The molecule has 0 aromatic heterocycles. The molecule has 0 aliphatic rings. The van der Waals surface area contributed by atoms with Gasteiger partial charge in [0.15, 0.2) is 0 Å². The molecular formula is C10H13FN4O4S. The van der Waals surface area contributed by atoms with E-state index in [2.05, 4.69) is 0 Å². The molecule has 0 unspecified atom stereocenters. The second-order valence-electron chi connectivity index (χ2n) is 3.90. The van der Waals surface area contributed by atoms with Gasteiger partial charge in [0, 0.05) is 5.69 Å². The number of benzene rings is 1. The lowest BCUT2D eigenvalue weighted by molar-refractivity contribution is -0.120. The third-order valence-corrected chi connectivity index (χ3v) is 4.04. The van der Waals surface area contributed by atoms with E-state index in [1.165, 1.54) is 6.07 Å². The Kier molecular flexibility index (Phi) is 4.63. The van der Waals surface area contributed by atoms with E-state index in [-0.39, 0.29) is 5.69 Å². The summed E-state index contributed by atoms with van der Waals surface area (Å²) in [6, 6.07) is 2.90. The van der Waals surface area contributed by atoms with Crippen molar-refractivity contribution in [1.29, 1.82) is 0 Å². The van der Waals surface area contributed by atoms with Gasteiger partial charge in [-0.25, -0.2) is 12.8 Å². The van der Waals surface area contributed by atoms with Crippen molar-refractivity contribution >= 4 is 27.5 Å². The van der Waals surface area contributed by atoms with Gasteiger partial charge in [-0.1, -0.05) is 0 Å². The Morgan fingerprint density at radius 3 is 2.10 bits per heavy atom. The van der Waals surface area contributed by atoms with Crippen LogP contribution in [-0.2, 0) is 19.6 Å². The highest BCUT2D eigenvalue weighted by Crippen LogP contribution is 2.21. The number of carbonyl (C=O) groups excluding carboxylic acids is 2. The summed E-state index contributed by atoms with van der Waals surface area (Å²) in [6.45, 7) is -1.61. The number of nitrogen functional groups attached to an aromatic ring is 1. The number of anilines is 1. The van der Waals surface area contributed by atoms with Crippen LogP contribution in [0, 0.1) is 5.82 Å². The van der Waals surface area contributed by atoms with E-state index < -0.39 is 45.6 Å². The van der Waals surface area contributed by atoms with Crippen molar-refractivity contribution in [1.82, 2.24) is 4.31 Å². The van der Waals surface area contributed by atoms with Gasteiger partial charge in [0.2, 0.25) is 21.8 Å². The average Bonchev–Trinajstić information content (AvgIpc) is 2.30. The smallest absolute Gasteiger partial charge is 0.247 e. The average molecular weight is 304 g/mol. The van der Waals surface area contributed by atoms with E-state index in [0.717, 1.165) is 12.1 Å². The SMILES string of the molecule is NC(=O)CN(CC(N)=O)S(=O)(=O)c1cc(N)ccc1F. The van der Waals surface area contributed by atoms with Gasteiger partial charge >= 0.3 is 0 Å². The highest BCUT2D eigenvalue weighted by Gasteiger charge is 2.30. The summed E-state index contributed by atoms with van der Waals surface area (Å²) >= 11 is 0. The van der Waals surface area contributed by atoms with E-state index in [4.69, 9.17) is 17.2 Å². The molecule has 0 heterocycles. The molecule has 110 valence electrons. The molecule has 1 aromatic carbocycles. The van der Waals surface area contributed by atoms with Gasteiger partial charge in [-0.3, -0.25) is 9.59 Å². The Bertz CT molecular complexity index is 631. The molecule has 0 bridgehead atoms. The van der Waals surface area contributed by atoms with Gasteiger partial charge in [-0.05, 0) is 18.2 Å². The fraction of sp³-hybridized carbons (Fsp3) is 0.200. The number of nitrogens with zero attached hydrogens (tertiary/aromatic N) is 1. The topological polar surface area (TPSA) is 150 Å². The highest BCUT2D eigenvalue weighted by molar-refractivity contribution is 7.89. The highest BCUT2D eigenvalue weighted by atomic mass is 32.2. The molecule has 0 aliphatic heterocycles. The zero-order valence-electron chi connectivity index (χ0n) is 10.2. The van der Waals surface area contributed by atoms with E-state index >= 15 is 0 Å². The van der Waals surface area contributed by atoms with Crippen LogP contribution in [-0.4, -0.2) is 37.6 Å². The summed E-state index contributed by atoms with van der Waals surface area (Å²) in [4.78, 5) is 21.0. The van der Waals surface area contributed by atoms with Crippen LogP contribution in [0.4, 0.5) is 10.1 Å². The zero-order valence-corrected chi connectivity index (χ0v) is 11.1. The lowest BCUT2D eigenvalue weighted by Gasteiger charge is -2.19. The molecule has 0 radical (unpaired) electrons. The summed E-state index contributed by atoms with van der Waals surface area (Å²) in [5.74, 6) is -3.10. The number of carbonyl (C=O) groups is 2. The molecule has 0 spiro atoms. The molecule has 0 saturated heterocycles. The van der Waals surface area contributed by atoms with Crippen molar-refractivity contribution in [3.8, 4) is 0 Å². The lowest BCUT2D eigenvalue weighted by Crippen LogP contribution is -2.43. The zero-order chi connectivity index (χ0) is 15.5. The predicted octanol–water partition coefficient (Wildman–Crippen LogP) is -1.63. The van der Waals surface area contributed by atoms with Crippen LogP contribution in [0.15, 0.2) is 23.1 Å². The normalized spacial score (nSPS) is 11.5. The van der Waals surface area contributed by atoms with Crippen LogP contribution in [0.2, 0.25) is 0 Å². The summed E-state index contributed by atoms with van der Waals surface area (Å²) in [6.07, 6.45) is 0. The maximum Gasteiger partial charge on any atom is 0.247 e. The Balaban J connectivity index is 3.31. The molecule has 2 amide bonds. The lowest BCUT2D eigenvalue weighted by atomic mass is 10.3. The number of hydrogen-bond acceptors (Lipinski definition) is 5. The molecule has 0 fully saturated rings. The van der Waals surface area contributed by atoms with Crippen molar-refractivity contribution in [3.63, 3.8) is 0 Å². The standard InChI is InChI=1S/C10H13FN4O4S/c11-7-2-1-6(12)3-8(7)20(18,19)15(4-9(13)16)5-10(14)17/h1-3H,4-5,12H2,(H2,13,16)(H2,14,17). The Labute approximate surface area is 114 Å². The van der Waals surface area contributed by atoms with Gasteiger partial charge in [-0.15, -0.1) is 0 Å². The number of nitrogens with two attached hydrogens (primary N) is 3. The van der Waals surface area contributed by atoms with Gasteiger partial charge in [0.05, 0.1) is 13.1 Å². The minimum atomic E-state index is -4.47. The first-order chi connectivity index (χ1) is 9.14. The fourth-order valence-electron chi connectivity index (χ4n) is 1.43. The largest absolute Gasteiger partial charge is 0.399 e. The predicted molar refractivity (Wildman–Crippen MR) is 68.0 cm³/mol. The summed E-state index contributed by atoms with van der Waals surface area (Å²) in [5, 5.41) is 0. The molecule has 1 aromatic rings. The minimum Gasteiger partial charge on any atom is -0.399 e. The van der Waals surface area contributed by atoms with E-state index in [1.807, 2.05) is 0 Å². The van der Waals surface area contributed by atoms with Crippen LogP contribution in [0.25, 0.3) is 0 Å². The molecule has 20 heavy (non-hydrogen) atoms. The number of halogens is 1. The summed E-state index contributed by atoms with van der Waals surface area (Å²) < 4.78 is 38.4. The first-order valence-corrected chi connectivity index (χ1v) is 6.70. The third kappa shape index (κ3) is 3.65. The number of amides is 2. The molecular weight excluding hydrogens is 291 g/mol. The van der Waals surface area contributed by atoms with Crippen molar-refractivity contribution in [2.45, 2.75) is 4.90 Å². The summed E-state index contributed by atoms with van der Waals surface area (Å²) in [5.41, 5.74) is 15.2. The van der Waals surface area contributed by atoms with Gasteiger partial charge < -0.3 is 17.2 Å². The van der Waals surface area contributed by atoms with Gasteiger partial charge in [-0.2, -0.15) is 4.31 Å². The molecule has 0 atom stereocenters. The van der Waals surface area contributed by atoms with Crippen LogP contribution in [0.3, 0.4) is 0 Å². The first kappa shape index (κ1) is 15.9. The number of hydrogen-bond donors (Lipinski definition) is 3. The maximum absolute atomic E-state index is 13.6. The van der Waals surface area contributed by atoms with Crippen LogP contribution < -0.4 is 17.2 Å². The molecule has 6 N–H and O–H groups in total. The van der Waals surface area contributed by atoms with Crippen molar-refractivity contribution in [2.24, 2.45) is 11.5 Å². The Morgan fingerprint density at radius 1 is 1.15 bits per heavy atom. The van der Waals surface area contributed by atoms with E-state index in [9.17, 15) is 22.4 Å². The number of sulfonamides is 1. The number of rotatable bonds is 6. The van der Waals surface area contributed by atoms with Crippen molar-refractivity contribution in [3.05, 3.63) is 24.0 Å². The van der Waals surface area contributed by atoms with Crippen LogP contribution in [0.1, 0.15) is 0 Å². The number of primary amides is 2. The fourth-order valence-corrected chi connectivity index (χ4v) is 2.90. The molecule has 0 saturated carbocycles. The third-order valence-electron chi connectivity index (χ3n) is 2.24. The van der Waals surface area contributed by atoms with E-state index in [1.54, 1.807) is 0 Å². The monoisotopic (exact) mass is 304 g/mol. The molecule has 1 rings (SSSR count). The minimum absolute atomic E-state index is 0.00285. The maximum atomic E-state index is 13.6. The first-order valence-electron chi connectivity index (χ1n) is 5.26. The second-order valence-corrected chi connectivity index (χ2v) is 5.80. The molecule has 10 heteroatoms. The van der Waals surface area contributed by atoms with Gasteiger partial charge in [0.1, 0.15) is 10.7 Å². The second kappa shape index (κ2) is 5.84. The molecule has 0 aliphatic carbocycles. The Morgan fingerprint density at radius 2 is 1.65 bits per heavy atom. The van der Waals surface area contributed by atoms with Crippen molar-refractivity contribution < 1.29 is 22.4 Å². The van der Waals surface area contributed by atoms with Crippen LogP contribution >= 0.6 is 0 Å². The molecule has 8 nitrogen and oxygen atoms in total. The Hall–Kier alpha value is -2.20. The van der Waals surface area contributed by atoms with E-state index in [0.29, 0.717) is 4.31 Å². The van der Waals surface area contributed by atoms with Crippen molar-refractivity contribution in [2.75, 3.05) is 18.8 Å².